The maximum absolute atomic E-state index is 10.9. The summed E-state index contributed by atoms with van der Waals surface area (Å²) in [7, 11) is 0. The standard InChI is InChI=1S/C7H13NO2/c1-6(2)8-4-3-5-10-7(8)9/h6H,3-5H2,1-2H3. The summed E-state index contributed by atoms with van der Waals surface area (Å²) in [6, 6.07) is 0.271. The third kappa shape index (κ3) is 1.40. The number of carbonyl (C=O) groups is 1. The summed E-state index contributed by atoms with van der Waals surface area (Å²) in [6.07, 6.45) is 0.797. The molecule has 0 atom stereocenters. The van der Waals surface area contributed by atoms with Crippen molar-refractivity contribution in [2.24, 2.45) is 0 Å². The van der Waals surface area contributed by atoms with Crippen LogP contribution in [0.25, 0.3) is 0 Å². The second-order valence-corrected chi connectivity index (χ2v) is 2.76. The molecule has 0 N–H and O–H groups in total. The molecule has 0 spiro atoms. The predicted octanol–water partition coefficient (Wildman–Crippen LogP) is 1.24. The minimum absolute atomic E-state index is 0.166. The molecule has 3 heteroatoms. The molecule has 1 aliphatic rings. The van der Waals surface area contributed by atoms with E-state index in [1.54, 1.807) is 4.90 Å². The molecule has 0 radical (unpaired) electrons. The monoisotopic (exact) mass is 143 g/mol. The van der Waals surface area contributed by atoms with E-state index in [0.29, 0.717) is 6.61 Å². The number of amides is 1. The van der Waals surface area contributed by atoms with Crippen molar-refractivity contribution in [3.05, 3.63) is 0 Å². The summed E-state index contributed by atoms with van der Waals surface area (Å²) in [5, 5.41) is 0. The van der Waals surface area contributed by atoms with Crippen LogP contribution in [-0.4, -0.2) is 30.2 Å². The summed E-state index contributed by atoms with van der Waals surface area (Å²) in [5.74, 6) is 0. The van der Waals surface area contributed by atoms with E-state index in [4.69, 9.17) is 4.74 Å². The molecule has 10 heavy (non-hydrogen) atoms. The number of ether oxygens (including phenoxy) is 1. The molecule has 58 valence electrons. The van der Waals surface area contributed by atoms with Crippen LogP contribution in [0.4, 0.5) is 4.79 Å². The molecule has 0 saturated carbocycles. The highest BCUT2D eigenvalue weighted by atomic mass is 16.6. The summed E-state index contributed by atoms with van der Waals surface area (Å²) < 4.78 is 4.84. The van der Waals surface area contributed by atoms with Gasteiger partial charge in [-0.2, -0.15) is 0 Å². The molecule has 0 unspecified atom stereocenters. The minimum atomic E-state index is -0.166. The molecule has 0 aromatic heterocycles. The van der Waals surface area contributed by atoms with Gasteiger partial charge >= 0.3 is 6.09 Å². The molecule has 3 nitrogen and oxygen atoms in total. The molecule has 1 aliphatic heterocycles. The molecule has 1 amide bonds. The Labute approximate surface area is 61.0 Å². The van der Waals surface area contributed by atoms with E-state index in [9.17, 15) is 4.79 Å². The average Bonchev–Trinajstić information content (AvgIpc) is 1.88. The normalized spacial score (nSPS) is 19.5. The molecule has 1 saturated heterocycles. The Balaban J connectivity index is 2.48. The van der Waals surface area contributed by atoms with Crippen molar-refractivity contribution in [1.82, 2.24) is 4.90 Å². The second-order valence-electron chi connectivity index (χ2n) is 2.76. The van der Waals surface area contributed by atoms with E-state index in [2.05, 4.69) is 0 Å². The van der Waals surface area contributed by atoms with Gasteiger partial charge in [-0.3, -0.25) is 0 Å². The molecule has 1 fully saturated rings. The summed E-state index contributed by atoms with van der Waals surface area (Å²) in [4.78, 5) is 12.7. The lowest BCUT2D eigenvalue weighted by atomic mass is 10.3. The van der Waals surface area contributed by atoms with Gasteiger partial charge in [0, 0.05) is 12.6 Å². The van der Waals surface area contributed by atoms with E-state index in [-0.39, 0.29) is 12.1 Å². The first-order chi connectivity index (χ1) is 4.72. The molecule has 0 aromatic rings. The van der Waals surface area contributed by atoms with Crippen LogP contribution < -0.4 is 0 Å². The largest absolute Gasteiger partial charge is 0.449 e. The lowest BCUT2D eigenvalue weighted by Crippen LogP contribution is -2.42. The highest BCUT2D eigenvalue weighted by Crippen LogP contribution is 2.07. The van der Waals surface area contributed by atoms with Gasteiger partial charge in [-0.05, 0) is 20.3 Å². The zero-order chi connectivity index (χ0) is 7.56. The Bertz CT molecular complexity index is 134. The summed E-state index contributed by atoms with van der Waals surface area (Å²) in [5.41, 5.74) is 0. The van der Waals surface area contributed by atoms with Gasteiger partial charge in [0.2, 0.25) is 0 Å². The van der Waals surface area contributed by atoms with Crippen molar-refractivity contribution in [1.29, 1.82) is 0 Å². The molecule has 0 aromatic carbocycles. The third-order valence-electron chi connectivity index (χ3n) is 1.63. The number of nitrogens with zero attached hydrogens (tertiary/aromatic N) is 1. The molecule has 0 bridgehead atoms. The van der Waals surface area contributed by atoms with Gasteiger partial charge in [-0.15, -0.1) is 0 Å². The van der Waals surface area contributed by atoms with Crippen molar-refractivity contribution in [2.45, 2.75) is 26.3 Å². The van der Waals surface area contributed by atoms with Crippen LogP contribution in [0.15, 0.2) is 0 Å². The van der Waals surface area contributed by atoms with Gasteiger partial charge in [0.1, 0.15) is 0 Å². The SMILES string of the molecule is CC(C)N1CCCOC1=O. The van der Waals surface area contributed by atoms with E-state index in [0.717, 1.165) is 13.0 Å². The lowest BCUT2D eigenvalue weighted by molar-refractivity contribution is 0.0613. The maximum atomic E-state index is 10.9. The molecular formula is C7H13NO2. The first-order valence-electron chi connectivity index (χ1n) is 3.65. The van der Waals surface area contributed by atoms with Crippen LogP contribution in [0.2, 0.25) is 0 Å². The Morgan fingerprint density at radius 2 is 2.30 bits per heavy atom. The van der Waals surface area contributed by atoms with Crippen LogP contribution in [0.5, 0.6) is 0 Å². The van der Waals surface area contributed by atoms with Crippen LogP contribution in [0.1, 0.15) is 20.3 Å². The van der Waals surface area contributed by atoms with Gasteiger partial charge in [0.05, 0.1) is 6.61 Å². The maximum Gasteiger partial charge on any atom is 0.409 e. The van der Waals surface area contributed by atoms with Crippen molar-refractivity contribution in [2.75, 3.05) is 13.2 Å². The zero-order valence-electron chi connectivity index (χ0n) is 6.46. The molecule has 1 heterocycles. The zero-order valence-corrected chi connectivity index (χ0v) is 6.46. The molecule has 1 rings (SSSR count). The van der Waals surface area contributed by atoms with Gasteiger partial charge in [-0.1, -0.05) is 0 Å². The fourth-order valence-corrected chi connectivity index (χ4v) is 1.04. The lowest BCUT2D eigenvalue weighted by Gasteiger charge is -2.29. The van der Waals surface area contributed by atoms with E-state index >= 15 is 0 Å². The van der Waals surface area contributed by atoms with Gasteiger partial charge < -0.3 is 9.64 Å². The van der Waals surface area contributed by atoms with Gasteiger partial charge in [-0.25, -0.2) is 4.79 Å². The second kappa shape index (κ2) is 2.90. The number of rotatable bonds is 1. The Morgan fingerprint density at radius 3 is 2.70 bits per heavy atom. The van der Waals surface area contributed by atoms with E-state index < -0.39 is 0 Å². The summed E-state index contributed by atoms with van der Waals surface area (Å²) >= 11 is 0. The van der Waals surface area contributed by atoms with Gasteiger partial charge in [0.15, 0.2) is 0 Å². The minimum Gasteiger partial charge on any atom is -0.449 e. The van der Waals surface area contributed by atoms with Crippen LogP contribution in [0, 0.1) is 0 Å². The number of hydrogen-bond donors (Lipinski definition) is 0. The first kappa shape index (κ1) is 7.38. The van der Waals surface area contributed by atoms with Crippen LogP contribution >= 0.6 is 0 Å². The van der Waals surface area contributed by atoms with Crippen molar-refractivity contribution < 1.29 is 9.53 Å². The number of hydrogen-bond acceptors (Lipinski definition) is 2. The number of carbonyl (C=O) groups excluding carboxylic acids is 1. The Kier molecular flexibility index (Phi) is 2.14. The van der Waals surface area contributed by atoms with Crippen LogP contribution in [0.3, 0.4) is 0 Å². The fourth-order valence-electron chi connectivity index (χ4n) is 1.04. The molecular weight excluding hydrogens is 130 g/mol. The summed E-state index contributed by atoms with van der Waals surface area (Å²) in [6.45, 7) is 5.41. The highest BCUT2D eigenvalue weighted by Gasteiger charge is 2.21. The topological polar surface area (TPSA) is 29.5 Å². The van der Waals surface area contributed by atoms with E-state index in [1.165, 1.54) is 0 Å². The van der Waals surface area contributed by atoms with Crippen molar-refractivity contribution >= 4 is 6.09 Å². The van der Waals surface area contributed by atoms with Crippen LogP contribution in [-0.2, 0) is 4.74 Å². The Hall–Kier alpha value is -0.730. The van der Waals surface area contributed by atoms with Crippen molar-refractivity contribution in [3.8, 4) is 0 Å². The Morgan fingerprint density at radius 1 is 1.60 bits per heavy atom. The van der Waals surface area contributed by atoms with E-state index in [1.807, 2.05) is 13.8 Å². The predicted molar refractivity (Wildman–Crippen MR) is 37.8 cm³/mol. The highest BCUT2D eigenvalue weighted by molar-refractivity contribution is 5.68. The number of cyclic esters (lactones) is 1. The van der Waals surface area contributed by atoms with Gasteiger partial charge in [0.25, 0.3) is 0 Å². The third-order valence-corrected chi connectivity index (χ3v) is 1.63. The smallest absolute Gasteiger partial charge is 0.409 e. The fraction of sp³-hybridized carbons (Fsp3) is 0.857. The average molecular weight is 143 g/mol. The van der Waals surface area contributed by atoms with Crippen molar-refractivity contribution in [3.63, 3.8) is 0 Å². The first-order valence-corrected chi connectivity index (χ1v) is 3.65. The quantitative estimate of drug-likeness (QED) is 0.552. The molecule has 0 aliphatic carbocycles.